The molecule has 1 amide bonds. The average molecular weight is 326 g/mol. The number of rotatable bonds is 5. The van der Waals surface area contributed by atoms with E-state index in [-0.39, 0.29) is 12.0 Å². The van der Waals surface area contributed by atoms with Gasteiger partial charge in [-0.25, -0.2) is 0 Å². The van der Waals surface area contributed by atoms with Crippen LogP contribution >= 0.6 is 0 Å². The molecule has 0 spiro atoms. The van der Waals surface area contributed by atoms with Gasteiger partial charge in [0, 0.05) is 36.6 Å². The van der Waals surface area contributed by atoms with E-state index in [1.807, 2.05) is 29.2 Å². The van der Waals surface area contributed by atoms with Crippen molar-refractivity contribution < 1.29 is 14.3 Å². The summed E-state index contributed by atoms with van der Waals surface area (Å²) in [5, 5.41) is 0. The number of carbonyl (C=O) groups excluding carboxylic acids is 1. The molecule has 3 rings (SSSR count). The zero-order chi connectivity index (χ0) is 16.8. The van der Waals surface area contributed by atoms with Crippen molar-refractivity contribution in [1.82, 2.24) is 9.88 Å². The Morgan fingerprint density at radius 3 is 2.58 bits per heavy atom. The van der Waals surface area contributed by atoms with E-state index in [2.05, 4.69) is 4.98 Å². The Bertz CT molecular complexity index is 667. The molecular formula is C19H22N2O3. The first kappa shape index (κ1) is 16.5. The number of benzene rings is 1. The van der Waals surface area contributed by atoms with Crippen LogP contribution in [-0.2, 0) is 11.3 Å². The number of aromatic nitrogens is 1. The Morgan fingerprint density at radius 1 is 1.17 bits per heavy atom. The third kappa shape index (κ3) is 3.92. The molecule has 2 aromatic rings. The first-order chi connectivity index (χ1) is 11.8. The molecule has 5 nitrogen and oxygen atoms in total. The summed E-state index contributed by atoms with van der Waals surface area (Å²) in [5.74, 6) is 0.920. The molecule has 1 aromatic carbocycles. The number of para-hydroxylation sites is 1. The minimum Gasteiger partial charge on any atom is -0.496 e. The lowest BCUT2D eigenvalue weighted by Gasteiger charge is -2.32. The molecule has 0 atom stereocenters. The summed E-state index contributed by atoms with van der Waals surface area (Å²) in [7, 11) is 1.67. The maximum absolute atomic E-state index is 12.4. The Kier molecular flexibility index (Phi) is 5.43. The summed E-state index contributed by atoms with van der Waals surface area (Å²) in [6.45, 7) is 1.97. The first-order valence-electron chi connectivity index (χ1n) is 8.20. The molecule has 0 aliphatic carbocycles. The fourth-order valence-electron chi connectivity index (χ4n) is 2.93. The number of carbonyl (C=O) groups is 1. The molecule has 0 bridgehead atoms. The lowest BCUT2D eigenvalue weighted by Crippen LogP contribution is -2.40. The molecule has 1 saturated heterocycles. The molecule has 0 saturated carbocycles. The van der Waals surface area contributed by atoms with Crippen LogP contribution in [0, 0.1) is 0 Å². The fraction of sp³-hybridized carbons (Fsp3) is 0.368. The molecule has 126 valence electrons. The summed E-state index contributed by atoms with van der Waals surface area (Å²) in [6.07, 6.45) is 5.18. The van der Waals surface area contributed by atoms with Crippen LogP contribution < -0.4 is 4.74 Å². The van der Waals surface area contributed by atoms with E-state index in [4.69, 9.17) is 9.47 Å². The van der Waals surface area contributed by atoms with Gasteiger partial charge in [0.25, 0.3) is 5.91 Å². The van der Waals surface area contributed by atoms with E-state index in [0.717, 1.165) is 37.2 Å². The first-order valence-corrected chi connectivity index (χ1v) is 8.20. The number of hydrogen-bond acceptors (Lipinski definition) is 4. The Labute approximate surface area is 142 Å². The second kappa shape index (κ2) is 7.93. The third-order valence-corrected chi connectivity index (χ3v) is 4.32. The predicted molar refractivity (Wildman–Crippen MR) is 90.9 cm³/mol. The molecular weight excluding hydrogens is 304 g/mol. The van der Waals surface area contributed by atoms with Crippen LogP contribution in [0.25, 0.3) is 0 Å². The van der Waals surface area contributed by atoms with Gasteiger partial charge in [0.15, 0.2) is 0 Å². The van der Waals surface area contributed by atoms with Crippen molar-refractivity contribution in [2.24, 2.45) is 0 Å². The summed E-state index contributed by atoms with van der Waals surface area (Å²) >= 11 is 0. The van der Waals surface area contributed by atoms with E-state index < -0.39 is 0 Å². The van der Waals surface area contributed by atoms with Gasteiger partial charge in [0.05, 0.1) is 19.8 Å². The summed E-state index contributed by atoms with van der Waals surface area (Å²) in [6, 6.07) is 11.4. The molecule has 0 unspecified atom stereocenters. The van der Waals surface area contributed by atoms with Crippen LogP contribution in [0.15, 0.2) is 48.8 Å². The number of hydrogen-bond donors (Lipinski definition) is 0. The Hall–Kier alpha value is -2.40. The fourth-order valence-corrected chi connectivity index (χ4v) is 2.93. The quantitative estimate of drug-likeness (QED) is 0.848. The van der Waals surface area contributed by atoms with Crippen LogP contribution in [0.1, 0.15) is 28.8 Å². The van der Waals surface area contributed by atoms with Gasteiger partial charge in [-0.15, -0.1) is 0 Å². The number of nitrogens with zero attached hydrogens (tertiary/aromatic N) is 2. The smallest absolute Gasteiger partial charge is 0.253 e. The Morgan fingerprint density at radius 2 is 1.88 bits per heavy atom. The zero-order valence-corrected chi connectivity index (χ0v) is 13.9. The number of ether oxygens (including phenoxy) is 2. The van der Waals surface area contributed by atoms with Gasteiger partial charge in [-0.2, -0.15) is 0 Å². The normalized spacial score (nSPS) is 15.3. The molecule has 0 N–H and O–H groups in total. The summed E-state index contributed by atoms with van der Waals surface area (Å²) in [4.78, 5) is 18.2. The maximum atomic E-state index is 12.4. The van der Waals surface area contributed by atoms with Crippen molar-refractivity contribution in [3.05, 3.63) is 59.9 Å². The van der Waals surface area contributed by atoms with Crippen LogP contribution in [0.5, 0.6) is 5.75 Å². The molecule has 1 aliphatic rings. The highest BCUT2D eigenvalue weighted by atomic mass is 16.5. The van der Waals surface area contributed by atoms with Crippen molar-refractivity contribution in [2.45, 2.75) is 25.6 Å². The molecule has 24 heavy (non-hydrogen) atoms. The van der Waals surface area contributed by atoms with Crippen LogP contribution in [-0.4, -0.2) is 42.1 Å². The van der Waals surface area contributed by atoms with Gasteiger partial charge in [-0.3, -0.25) is 9.78 Å². The monoisotopic (exact) mass is 326 g/mol. The highest BCUT2D eigenvalue weighted by Crippen LogP contribution is 2.22. The van der Waals surface area contributed by atoms with Crippen molar-refractivity contribution in [2.75, 3.05) is 20.2 Å². The third-order valence-electron chi connectivity index (χ3n) is 4.32. The van der Waals surface area contributed by atoms with Gasteiger partial charge in [-0.1, -0.05) is 18.2 Å². The van der Waals surface area contributed by atoms with E-state index >= 15 is 0 Å². The van der Waals surface area contributed by atoms with Crippen molar-refractivity contribution in [3.8, 4) is 5.75 Å². The molecule has 2 heterocycles. The van der Waals surface area contributed by atoms with Crippen LogP contribution in [0.3, 0.4) is 0 Å². The molecule has 0 radical (unpaired) electrons. The molecule has 1 aromatic heterocycles. The number of pyridine rings is 1. The topological polar surface area (TPSA) is 51.7 Å². The SMILES string of the molecule is COc1ccccc1COC1CCN(C(=O)c2ccncc2)CC1. The highest BCUT2D eigenvalue weighted by Gasteiger charge is 2.24. The lowest BCUT2D eigenvalue weighted by atomic mass is 10.1. The second-order valence-electron chi connectivity index (χ2n) is 5.85. The van der Waals surface area contributed by atoms with E-state index in [9.17, 15) is 4.79 Å². The lowest BCUT2D eigenvalue weighted by molar-refractivity contribution is -0.000963. The zero-order valence-electron chi connectivity index (χ0n) is 13.9. The highest BCUT2D eigenvalue weighted by molar-refractivity contribution is 5.94. The number of piperidine rings is 1. The Balaban J connectivity index is 1.50. The largest absolute Gasteiger partial charge is 0.496 e. The van der Waals surface area contributed by atoms with Crippen molar-refractivity contribution >= 4 is 5.91 Å². The minimum atomic E-state index is 0.0700. The second-order valence-corrected chi connectivity index (χ2v) is 5.85. The van der Waals surface area contributed by atoms with Crippen LogP contribution in [0.2, 0.25) is 0 Å². The summed E-state index contributed by atoms with van der Waals surface area (Å²) < 4.78 is 11.4. The summed E-state index contributed by atoms with van der Waals surface area (Å²) in [5.41, 5.74) is 1.74. The maximum Gasteiger partial charge on any atom is 0.253 e. The van der Waals surface area contributed by atoms with Gasteiger partial charge >= 0.3 is 0 Å². The van der Waals surface area contributed by atoms with Crippen LogP contribution in [0.4, 0.5) is 0 Å². The predicted octanol–water partition coefficient (Wildman–Crippen LogP) is 2.91. The molecule has 1 aliphatic heterocycles. The van der Waals surface area contributed by atoms with Crippen molar-refractivity contribution in [3.63, 3.8) is 0 Å². The average Bonchev–Trinajstić information content (AvgIpc) is 2.67. The number of methoxy groups -OCH3 is 1. The number of likely N-dealkylation sites (tertiary alicyclic amines) is 1. The van der Waals surface area contributed by atoms with Gasteiger partial charge in [0.2, 0.25) is 0 Å². The number of amides is 1. The van der Waals surface area contributed by atoms with Gasteiger partial charge in [-0.05, 0) is 31.0 Å². The van der Waals surface area contributed by atoms with E-state index in [0.29, 0.717) is 12.2 Å². The van der Waals surface area contributed by atoms with Crippen molar-refractivity contribution in [1.29, 1.82) is 0 Å². The van der Waals surface area contributed by atoms with Gasteiger partial charge in [0.1, 0.15) is 5.75 Å². The van der Waals surface area contributed by atoms with E-state index in [1.165, 1.54) is 0 Å². The van der Waals surface area contributed by atoms with Gasteiger partial charge < -0.3 is 14.4 Å². The minimum absolute atomic E-state index is 0.0700. The standard InChI is InChI=1S/C19H22N2O3/c1-23-18-5-3-2-4-16(18)14-24-17-8-12-21(13-9-17)19(22)15-6-10-20-11-7-15/h2-7,10-11,17H,8-9,12-14H2,1H3. The molecule has 5 heteroatoms. The molecule has 1 fully saturated rings. The van der Waals surface area contributed by atoms with E-state index in [1.54, 1.807) is 31.6 Å².